The number of nitrogens with one attached hydrogen (secondary N) is 2. The number of rotatable bonds is 4. The summed E-state index contributed by atoms with van der Waals surface area (Å²) in [6, 6.07) is 13.8. The average Bonchev–Trinajstić information content (AvgIpc) is 2.75. The van der Waals surface area contributed by atoms with E-state index in [0.29, 0.717) is 5.69 Å². The smallest absolute Gasteiger partial charge is 0.409 e. The summed E-state index contributed by atoms with van der Waals surface area (Å²) in [5, 5.41) is 42.7. The number of benzene rings is 2. The summed E-state index contributed by atoms with van der Waals surface area (Å²) < 4.78 is 0. The van der Waals surface area contributed by atoms with E-state index in [1.165, 1.54) is 48.5 Å². The van der Waals surface area contributed by atoms with E-state index in [4.69, 9.17) is 5.11 Å². The Morgan fingerprint density at radius 2 is 1.29 bits per heavy atom. The first-order valence-electron chi connectivity index (χ1n) is 8.77. The van der Waals surface area contributed by atoms with Gasteiger partial charge in [-0.15, -0.1) is 6.07 Å². The van der Waals surface area contributed by atoms with Crippen molar-refractivity contribution in [3.8, 4) is 0 Å². The van der Waals surface area contributed by atoms with Crippen molar-refractivity contribution in [2.24, 2.45) is 0 Å². The quantitative estimate of drug-likeness (QED) is 0.162. The van der Waals surface area contributed by atoms with Gasteiger partial charge < -0.3 is 37.7 Å². The van der Waals surface area contributed by atoms with Crippen LogP contribution in [0, 0.1) is 27.2 Å². The van der Waals surface area contributed by atoms with Gasteiger partial charge in [0.05, 0.1) is 9.85 Å². The molecule has 0 atom stereocenters. The van der Waals surface area contributed by atoms with E-state index in [2.05, 4.69) is 17.2 Å². The number of nitro benzene ring substituents is 2. The second-order valence-corrected chi connectivity index (χ2v) is 5.81. The third-order valence-electron chi connectivity index (χ3n) is 3.38. The van der Waals surface area contributed by atoms with Gasteiger partial charge in [-0.25, -0.2) is 4.79 Å². The fourth-order valence-electron chi connectivity index (χ4n) is 1.97. The zero-order chi connectivity index (χ0) is 24.8. The molecule has 3 rings (SSSR count). The maximum atomic E-state index is 10.2. The van der Waals surface area contributed by atoms with E-state index >= 15 is 0 Å². The van der Waals surface area contributed by atoms with Gasteiger partial charge in [0.15, 0.2) is 0 Å². The Hall–Kier alpha value is -3.99. The van der Waals surface area contributed by atoms with Crippen LogP contribution in [-0.4, -0.2) is 32.1 Å². The van der Waals surface area contributed by atoms with Gasteiger partial charge in [-0.2, -0.15) is 18.6 Å². The van der Waals surface area contributed by atoms with E-state index in [1.807, 2.05) is 17.4 Å². The number of nitro groups is 2. The Labute approximate surface area is 225 Å². The van der Waals surface area contributed by atoms with Crippen LogP contribution in [0.15, 0.2) is 73.1 Å². The Kier molecular flexibility index (Phi) is 16.6. The molecule has 2 amide bonds. The van der Waals surface area contributed by atoms with Gasteiger partial charge in [0.25, 0.3) is 11.4 Å². The van der Waals surface area contributed by atoms with Gasteiger partial charge >= 0.3 is 6.09 Å². The maximum absolute atomic E-state index is 10.2. The third kappa shape index (κ3) is 14.7. The predicted octanol–water partition coefficient (Wildman–Crippen LogP) is 0.300. The summed E-state index contributed by atoms with van der Waals surface area (Å²) in [5.74, 6) is 0. The number of nitrogens with zero attached hydrogens (tertiary/aromatic N) is 3. The largest absolute Gasteiger partial charge is 1.00 e. The molecule has 0 saturated heterocycles. The van der Waals surface area contributed by atoms with Gasteiger partial charge in [-0.05, 0) is 30.5 Å². The number of carbonyl (C=O) groups is 2. The van der Waals surface area contributed by atoms with Crippen LogP contribution in [-0.2, 0) is 27.3 Å². The number of anilines is 2. The zero-order valence-electron chi connectivity index (χ0n) is 17.9. The number of halogens is 1. The molecule has 0 aliphatic heterocycles. The molecule has 2 aromatic carbocycles. The minimum absolute atomic E-state index is 0. The molecule has 0 bridgehead atoms. The Morgan fingerprint density at radius 3 is 1.54 bits per heavy atom. The molecule has 3 aromatic rings. The first-order valence-corrected chi connectivity index (χ1v) is 8.77. The van der Waals surface area contributed by atoms with Gasteiger partial charge in [0.2, 0.25) is 0 Å². The van der Waals surface area contributed by atoms with Crippen molar-refractivity contribution in [3.63, 3.8) is 0 Å². The third-order valence-corrected chi connectivity index (χ3v) is 3.38. The number of non-ortho nitro benzene ring substituents is 2. The van der Waals surface area contributed by atoms with E-state index in [1.54, 1.807) is 12.4 Å². The minimum Gasteiger partial charge on any atom is -1.00 e. The average molecular weight is 603 g/mol. The second-order valence-electron chi connectivity index (χ2n) is 5.81. The Morgan fingerprint density at radius 1 is 0.857 bits per heavy atom. The van der Waals surface area contributed by atoms with Gasteiger partial charge in [-0.1, -0.05) is 6.20 Å². The molecule has 15 heteroatoms. The Bertz CT molecular complexity index is 1020. The van der Waals surface area contributed by atoms with E-state index in [-0.39, 0.29) is 56.8 Å². The molecule has 0 spiro atoms. The van der Waals surface area contributed by atoms with Crippen LogP contribution in [0.1, 0.15) is 5.56 Å². The van der Waals surface area contributed by atoms with Crippen LogP contribution in [0.2, 0.25) is 0 Å². The van der Waals surface area contributed by atoms with Gasteiger partial charge in [0, 0.05) is 62.9 Å². The first-order chi connectivity index (χ1) is 15.6. The standard InChI is InChI=1S/2C7H6N2O4.C6H6N.Cd.ClH/c2*10-7(11)8-5-1-3-6(4-2-5)9(12)13;1-6-3-2-4-7-5-6;;/h2*1-4,8H,(H,10,11);2-5H,1H2;;1H/q;;-1;;/p-2. The molecule has 35 heavy (non-hydrogen) atoms. The van der Waals surface area contributed by atoms with Crippen LogP contribution in [0.4, 0.5) is 32.3 Å². The fourth-order valence-corrected chi connectivity index (χ4v) is 1.97. The minimum atomic E-state index is -1.45. The molecule has 0 aliphatic carbocycles. The van der Waals surface area contributed by atoms with Crippen LogP contribution in [0.3, 0.4) is 0 Å². The van der Waals surface area contributed by atoms with Gasteiger partial charge in [0.1, 0.15) is 6.09 Å². The van der Waals surface area contributed by atoms with E-state index in [9.17, 15) is 34.9 Å². The molecular weight excluding hydrogens is 586 g/mol. The van der Waals surface area contributed by atoms with Crippen LogP contribution < -0.4 is 28.1 Å². The number of aromatic nitrogens is 1. The molecule has 0 unspecified atom stereocenters. The molecule has 0 radical (unpaired) electrons. The summed E-state index contributed by atoms with van der Waals surface area (Å²) in [4.78, 5) is 43.3. The number of amides is 2. The summed E-state index contributed by atoms with van der Waals surface area (Å²) in [6.45, 7) is 3.66. The Balaban J connectivity index is 0. The molecule has 0 saturated carbocycles. The van der Waals surface area contributed by atoms with Crippen molar-refractivity contribution in [2.75, 3.05) is 10.6 Å². The van der Waals surface area contributed by atoms with Gasteiger partial charge in [-0.3, -0.25) is 25.5 Å². The molecule has 13 nitrogen and oxygen atoms in total. The zero-order valence-corrected chi connectivity index (χ0v) is 22.7. The number of carbonyl (C=O) groups excluding carboxylic acids is 1. The van der Waals surface area contributed by atoms with Crippen LogP contribution in [0.5, 0.6) is 0 Å². The normalized spacial score (nSPS) is 8.57. The van der Waals surface area contributed by atoms with Crippen molar-refractivity contribution in [2.45, 2.75) is 0 Å². The molecule has 3 N–H and O–H groups in total. The van der Waals surface area contributed by atoms with E-state index < -0.39 is 22.0 Å². The molecule has 1 heterocycles. The summed E-state index contributed by atoms with van der Waals surface area (Å²) >= 11 is 0. The van der Waals surface area contributed by atoms with Crippen molar-refractivity contribution in [1.82, 2.24) is 4.98 Å². The number of carboxylic acid groups (broad SMARTS) is 2. The molecule has 0 fully saturated rings. The van der Waals surface area contributed by atoms with Crippen LogP contribution in [0.25, 0.3) is 0 Å². The van der Waals surface area contributed by atoms with Crippen molar-refractivity contribution >= 4 is 34.9 Å². The molecular formula is C20H17CdClN5O8-3. The maximum Gasteiger partial charge on any atom is 0.409 e. The fraction of sp³-hybridized carbons (Fsp3) is 0. The molecule has 0 aliphatic rings. The monoisotopic (exact) mass is 604 g/mol. The summed E-state index contributed by atoms with van der Waals surface area (Å²) in [6.07, 6.45) is 0.803. The molecule has 182 valence electrons. The van der Waals surface area contributed by atoms with Crippen molar-refractivity contribution < 1.29 is 69.4 Å². The predicted molar refractivity (Wildman–Crippen MR) is 116 cm³/mol. The summed E-state index contributed by atoms with van der Waals surface area (Å²) in [7, 11) is 0. The summed E-state index contributed by atoms with van der Waals surface area (Å²) in [5.41, 5.74) is 1.34. The van der Waals surface area contributed by atoms with Crippen LogP contribution >= 0.6 is 0 Å². The molecule has 1 aromatic heterocycles. The van der Waals surface area contributed by atoms with Crippen molar-refractivity contribution in [1.29, 1.82) is 0 Å². The first kappa shape index (κ1) is 33.2. The topological polar surface area (TPSA) is 201 Å². The number of pyridine rings is 1. The van der Waals surface area contributed by atoms with E-state index in [0.717, 1.165) is 5.56 Å². The SMILES string of the molecule is O=C(O)Nc1ccc([N+](=O)[O-])cc1.O=C([O-])Nc1ccc([N+](=O)[O-])cc1.[CH2-]c1cccnc1.[Cd].[Cl-]. The second kappa shape index (κ2) is 17.5. The van der Waals surface area contributed by atoms with Crippen molar-refractivity contribution in [3.05, 3.63) is 106 Å². The number of hydrogen-bond donors (Lipinski definition) is 3. The number of hydrogen-bond acceptors (Lipinski definition) is 8.